The van der Waals surface area contributed by atoms with E-state index >= 15 is 0 Å². The predicted molar refractivity (Wildman–Crippen MR) is 78.7 cm³/mol. The molecule has 0 aromatic rings. The van der Waals surface area contributed by atoms with Gasteiger partial charge in [-0.1, -0.05) is 6.92 Å². The second-order valence-electron chi connectivity index (χ2n) is 5.06. The summed E-state index contributed by atoms with van der Waals surface area (Å²) in [6, 6.07) is 1.32. The van der Waals surface area contributed by atoms with Crippen molar-refractivity contribution >= 4 is 11.8 Å². The van der Waals surface area contributed by atoms with Gasteiger partial charge in [0.2, 0.25) is 0 Å². The maximum Gasteiger partial charge on any atom is 0.0219 e. The standard InChI is InChI=1S/C13H29N3S/c1-4-12-11-16(8-7-15(12)2)13(10-14)6-5-9-17-3/h12-13H,4-11,14H2,1-3H3. The third-order valence-electron chi connectivity index (χ3n) is 3.95. The van der Waals surface area contributed by atoms with Gasteiger partial charge in [-0.05, 0) is 38.3 Å². The van der Waals surface area contributed by atoms with E-state index in [1.165, 1.54) is 44.6 Å². The van der Waals surface area contributed by atoms with Crippen molar-refractivity contribution in [2.24, 2.45) is 5.73 Å². The Labute approximate surface area is 111 Å². The van der Waals surface area contributed by atoms with E-state index in [9.17, 15) is 0 Å². The first-order chi connectivity index (χ1) is 8.22. The number of hydrogen-bond acceptors (Lipinski definition) is 4. The van der Waals surface area contributed by atoms with Gasteiger partial charge >= 0.3 is 0 Å². The molecule has 0 aromatic carbocycles. The Bertz CT molecular complexity index is 201. The van der Waals surface area contributed by atoms with E-state index in [-0.39, 0.29) is 0 Å². The van der Waals surface area contributed by atoms with E-state index in [1.807, 2.05) is 11.8 Å². The molecule has 17 heavy (non-hydrogen) atoms. The van der Waals surface area contributed by atoms with Crippen molar-refractivity contribution in [3.63, 3.8) is 0 Å². The van der Waals surface area contributed by atoms with E-state index in [0.29, 0.717) is 6.04 Å². The highest BCUT2D eigenvalue weighted by molar-refractivity contribution is 7.98. The molecule has 0 amide bonds. The summed E-state index contributed by atoms with van der Waals surface area (Å²) in [6.07, 6.45) is 5.99. The lowest BCUT2D eigenvalue weighted by atomic mass is 10.1. The Morgan fingerprint density at radius 3 is 2.76 bits per heavy atom. The molecular formula is C13H29N3S. The molecule has 1 aliphatic rings. The molecule has 1 saturated heterocycles. The molecule has 3 nitrogen and oxygen atoms in total. The van der Waals surface area contributed by atoms with Gasteiger partial charge in [-0.2, -0.15) is 11.8 Å². The van der Waals surface area contributed by atoms with E-state index in [0.717, 1.165) is 12.6 Å². The van der Waals surface area contributed by atoms with Crippen molar-refractivity contribution in [1.82, 2.24) is 9.80 Å². The van der Waals surface area contributed by atoms with Gasteiger partial charge in [-0.3, -0.25) is 4.90 Å². The smallest absolute Gasteiger partial charge is 0.0219 e. The van der Waals surface area contributed by atoms with Crippen LogP contribution < -0.4 is 5.73 Å². The van der Waals surface area contributed by atoms with Crippen molar-refractivity contribution in [2.75, 3.05) is 45.2 Å². The lowest BCUT2D eigenvalue weighted by Crippen LogP contribution is -2.55. The van der Waals surface area contributed by atoms with Crippen LogP contribution in [-0.2, 0) is 0 Å². The van der Waals surface area contributed by atoms with Crippen LogP contribution in [0.5, 0.6) is 0 Å². The Kier molecular flexibility index (Phi) is 7.51. The van der Waals surface area contributed by atoms with Gasteiger partial charge in [-0.15, -0.1) is 0 Å². The molecule has 2 unspecified atom stereocenters. The first kappa shape index (κ1) is 15.3. The fraction of sp³-hybridized carbons (Fsp3) is 1.00. The summed E-state index contributed by atoms with van der Waals surface area (Å²) >= 11 is 1.94. The third-order valence-corrected chi connectivity index (χ3v) is 4.65. The molecule has 102 valence electrons. The van der Waals surface area contributed by atoms with Crippen molar-refractivity contribution in [3.05, 3.63) is 0 Å². The average Bonchev–Trinajstić information content (AvgIpc) is 2.36. The van der Waals surface area contributed by atoms with Crippen molar-refractivity contribution in [1.29, 1.82) is 0 Å². The zero-order chi connectivity index (χ0) is 12.7. The largest absolute Gasteiger partial charge is 0.329 e. The fourth-order valence-electron chi connectivity index (χ4n) is 2.66. The van der Waals surface area contributed by atoms with Crippen LogP contribution in [0.25, 0.3) is 0 Å². The lowest BCUT2D eigenvalue weighted by Gasteiger charge is -2.42. The van der Waals surface area contributed by atoms with Crippen molar-refractivity contribution in [2.45, 2.75) is 38.3 Å². The second kappa shape index (κ2) is 8.35. The molecule has 0 bridgehead atoms. The minimum Gasteiger partial charge on any atom is -0.329 e. The van der Waals surface area contributed by atoms with Crippen LogP contribution >= 0.6 is 11.8 Å². The van der Waals surface area contributed by atoms with Gasteiger partial charge in [0, 0.05) is 38.3 Å². The third kappa shape index (κ3) is 4.78. The molecule has 2 N–H and O–H groups in total. The predicted octanol–water partition coefficient (Wildman–Crippen LogP) is 1.48. The zero-order valence-corrected chi connectivity index (χ0v) is 12.5. The van der Waals surface area contributed by atoms with Crippen LogP contribution in [0, 0.1) is 0 Å². The van der Waals surface area contributed by atoms with Gasteiger partial charge in [-0.25, -0.2) is 0 Å². The van der Waals surface area contributed by atoms with Crippen LogP contribution in [0.2, 0.25) is 0 Å². The van der Waals surface area contributed by atoms with Crippen LogP contribution in [0.3, 0.4) is 0 Å². The summed E-state index contributed by atoms with van der Waals surface area (Å²) in [7, 11) is 2.25. The number of nitrogens with zero attached hydrogens (tertiary/aromatic N) is 2. The Hall–Kier alpha value is 0.230. The number of nitrogens with two attached hydrogens (primary N) is 1. The molecule has 0 saturated carbocycles. The first-order valence-electron chi connectivity index (χ1n) is 6.86. The molecule has 0 spiro atoms. The van der Waals surface area contributed by atoms with Gasteiger partial charge in [0.25, 0.3) is 0 Å². The van der Waals surface area contributed by atoms with E-state index in [1.54, 1.807) is 0 Å². The molecule has 0 aliphatic carbocycles. The molecule has 4 heteroatoms. The van der Waals surface area contributed by atoms with Crippen molar-refractivity contribution < 1.29 is 0 Å². The molecule has 1 fully saturated rings. The summed E-state index contributed by atoms with van der Waals surface area (Å²) < 4.78 is 0. The lowest BCUT2D eigenvalue weighted by molar-refractivity contribution is 0.0618. The highest BCUT2D eigenvalue weighted by Gasteiger charge is 2.26. The highest BCUT2D eigenvalue weighted by Crippen LogP contribution is 2.16. The minimum absolute atomic E-state index is 0.602. The quantitative estimate of drug-likeness (QED) is 0.702. The summed E-state index contributed by atoms with van der Waals surface area (Å²) in [5.41, 5.74) is 5.95. The highest BCUT2D eigenvalue weighted by atomic mass is 32.2. The second-order valence-corrected chi connectivity index (χ2v) is 6.05. The van der Waals surface area contributed by atoms with Crippen LogP contribution in [0.1, 0.15) is 26.2 Å². The van der Waals surface area contributed by atoms with E-state index in [4.69, 9.17) is 5.73 Å². The van der Waals surface area contributed by atoms with Crippen molar-refractivity contribution in [3.8, 4) is 0 Å². The molecule has 1 heterocycles. The zero-order valence-electron chi connectivity index (χ0n) is 11.7. The molecule has 0 aromatic heterocycles. The molecule has 1 aliphatic heterocycles. The Morgan fingerprint density at radius 1 is 1.41 bits per heavy atom. The molecule has 1 rings (SSSR count). The first-order valence-corrected chi connectivity index (χ1v) is 8.25. The number of hydrogen-bond donors (Lipinski definition) is 1. The summed E-state index contributed by atoms with van der Waals surface area (Å²) in [6.45, 7) is 6.68. The normalized spacial score (nSPS) is 25.1. The maximum atomic E-state index is 5.95. The van der Waals surface area contributed by atoms with Crippen LogP contribution in [0.4, 0.5) is 0 Å². The topological polar surface area (TPSA) is 32.5 Å². The number of rotatable bonds is 7. The number of piperazine rings is 1. The van der Waals surface area contributed by atoms with Gasteiger partial charge in [0.1, 0.15) is 0 Å². The Balaban J connectivity index is 2.40. The Morgan fingerprint density at radius 2 is 2.18 bits per heavy atom. The summed E-state index contributed by atoms with van der Waals surface area (Å²) in [5.74, 6) is 1.27. The fourth-order valence-corrected chi connectivity index (χ4v) is 3.11. The van der Waals surface area contributed by atoms with Gasteiger partial charge < -0.3 is 10.6 Å². The van der Waals surface area contributed by atoms with Gasteiger partial charge in [0.15, 0.2) is 0 Å². The maximum absolute atomic E-state index is 5.95. The van der Waals surface area contributed by atoms with Crippen LogP contribution in [-0.4, -0.2) is 67.1 Å². The number of thioether (sulfide) groups is 1. The average molecular weight is 259 g/mol. The summed E-state index contributed by atoms with van der Waals surface area (Å²) in [5, 5.41) is 0. The molecular weight excluding hydrogens is 230 g/mol. The monoisotopic (exact) mass is 259 g/mol. The number of likely N-dealkylation sites (N-methyl/N-ethyl adjacent to an activating group) is 1. The molecule has 0 radical (unpaired) electrons. The minimum atomic E-state index is 0.602. The van der Waals surface area contributed by atoms with Crippen LogP contribution in [0.15, 0.2) is 0 Å². The SMILES string of the molecule is CCC1CN(C(CN)CCCSC)CCN1C. The molecule has 2 atom stereocenters. The van der Waals surface area contributed by atoms with Gasteiger partial charge in [0.05, 0.1) is 0 Å². The summed E-state index contributed by atoms with van der Waals surface area (Å²) in [4.78, 5) is 5.11. The van der Waals surface area contributed by atoms with E-state index in [2.05, 4.69) is 30.0 Å². The van der Waals surface area contributed by atoms with E-state index < -0.39 is 0 Å².